The summed E-state index contributed by atoms with van der Waals surface area (Å²) >= 11 is 0. The van der Waals surface area contributed by atoms with Crippen LogP contribution < -0.4 is 21.1 Å². The molecule has 0 radical (unpaired) electrons. The van der Waals surface area contributed by atoms with Gasteiger partial charge < -0.3 is 21.1 Å². The fourth-order valence-corrected chi connectivity index (χ4v) is 8.19. The standard InChI is InChI=1S/C36H42F3N9O/c1-21(23-7-5-12-43-32(23)42)47(3)33-26-18-46(2)36(9-4-6-24-27(37)14-28(41)25(16-40)30(24)36)15-29(26)44-34(45-33)49-20-35(10-11-35)19-48-13-8-22(17-48)31(38)39/h5,7,12,14,21H,4,6,8-11,13,15,17-20,41H2,1-3H3,(H2,42,43)/t21-,36-/m1/s1. The summed E-state index contributed by atoms with van der Waals surface area (Å²) in [5.41, 5.74) is 16.1. The SMILES string of the molecule is C[C@H](c1cccnc1N)N(C)c1nc(OCC2(CN3CCC(=C(F)F)C3)CC2)nc2c1CN(C)[C@]1(CCCc3c(F)cc(N)c(C#N)c31)C2. The van der Waals surface area contributed by atoms with Crippen molar-refractivity contribution in [2.24, 2.45) is 5.41 Å². The summed E-state index contributed by atoms with van der Waals surface area (Å²) in [5, 5.41) is 10.2. The van der Waals surface area contributed by atoms with Crippen LogP contribution >= 0.6 is 0 Å². The first-order valence-corrected chi connectivity index (χ1v) is 16.9. The molecule has 49 heavy (non-hydrogen) atoms. The fraction of sp³-hybridized carbons (Fsp3) is 0.500. The van der Waals surface area contributed by atoms with Crippen LogP contribution in [-0.4, -0.2) is 65.1 Å². The van der Waals surface area contributed by atoms with Crippen LogP contribution in [0.5, 0.6) is 6.01 Å². The van der Waals surface area contributed by atoms with Crippen molar-refractivity contribution in [2.75, 3.05) is 56.7 Å². The van der Waals surface area contributed by atoms with Gasteiger partial charge in [-0.05, 0) is 75.8 Å². The van der Waals surface area contributed by atoms with Crippen LogP contribution in [0.25, 0.3) is 0 Å². The molecule has 2 fully saturated rings. The summed E-state index contributed by atoms with van der Waals surface area (Å²) in [6, 6.07) is 7.37. The lowest BCUT2D eigenvalue weighted by molar-refractivity contribution is 0.0712. The molecule has 258 valence electrons. The third-order valence-corrected chi connectivity index (χ3v) is 11.3. The number of hydrogen-bond acceptors (Lipinski definition) is 10. The number of benzene rings is 1. The topological polar surface area (TPSA) is 133 Å². The van der Waals surface area contributed by atoms with Crippen LogP contribution in [0, 0.1) is 22.6 Å². The van der Waals surface area contributed by atoms with Gasteiger partial charge in [0.15, 0.2) is 0 Å². The number of nitrogens with zero attached hydrogens (tertiary/aromatic N) is 7. The summed E-state index contributed by atoms with van der Waals surface area (Å²) in [6.45, 7) is 4.43. The predicted molar refractivity (Wildman–Crippen MR) is 180 cm³/mol. The van der Waals surface area contributed by atoms with Gasteiger partial charge in [0.05, 0.1) is 35.1 Å². The van der Waals surface area contributed by atoms with E-state index in [2.05, 4.69) is 25.8 Å². The molecule has 7 rings (SSSR count). The van der Waals surface area contributed by atoms with Gasteiger partial charge in [-0.3, -0.25) is 9.80 Å². The second kappa shape index (κ2) is 12.5. The normalized spacial score (nSPS) is 21.9. The third-order valence-electron chi connectivity index (χ3n) is 11.3. The summed E-state index contributed by atoms with van der Waals surface area (Å²) < 4.78 is 48.3. The van der Waals surface area contributed by atoms with Crippen molar-refractivity contribution in [3.8, 4) is 12.1 Å². The van der Waals surface area contributed by atoms with Crippen molar-refractivity contribution >= 4 is 17.3 Å². The van der Waals surface area contributed by atoms with E-state index in [0.717, 1.165) is 36.1 Å². The van der Waals surface area contributed by atoms with Gasteiger partial charge >= 0.3 is 6.01 Å². The number of likely N-dealkylation sites (tertiary alicyclic amines) is 1. The van der Waals surface area contributed by atoms with Gasteiger partial charge in [0, 0.05) is 68.0 Å². The van der Waals surface area contributed by atoms with Crippen molar-refractivity contribution in [1.29, 1.82) is 5.26 Å². The molecule has 0 unspecified atom stereocenters. The summed E-state index contributed by atoms with van der Waals surface area (Å²) in [7, 11) is 3.96. The molecule has 4 heterocycles. The number of anilines is 3. The average Bonchev–Trinajstić information content (AvgIpc) is 3.68. The largest absolute Gasteiger partial charge is 0.463 e. The molecule has 1 spiro atoms. The van der Waals surface area contributed by atoms with Crippen LogP contribution in [0.2, 0.25) is 0 Å². The highest BCUT2D eigenvalue weighted by Gasteiger charge is 2.49. The molecular formula is C36H42F3N9O. The molecule has 2 atom stereocenters. The second-order valence-corrected chi connectivity index (χ2v) is 14.3. The number of nitrogens with two attached hydrogens (primary N) is 2. The van der Waals surface area contributed by atoms with E-state index >= 15 is 4.39 Å². The van der Waals surface area contributed by atoms with Gasteiger partial charge in [-0.1, -0.05) is 6.07 Å². The van der Waals surface area contributed by atoms with Gasteiger partial charge in [-0.25, -0.2) is 9.37 Å². The van der Waals surface area contributed by atoms with Crippen LogP contribution in [0.4, 0.5) is 30.5 Å². The average molecular weight is 674 g/mol. The molecular weight excluding hydrogens is 631 g/mol. The Labute approximate surface area is 284 Å². The number of aromatic nitrogens is 3. The van der Waals surface area contributed by atoms with E-state index in [1.54, 1.807) is 6.20 Å². The quantitative estimate of drug-likeness (QED) is 0.296. The van der Waals surface area contributed by atoms with E-state index in [-0.39, 0.29) is 41.1 Å². The first kappa shape index (κ1) is 33.1. The maximum Gasteiger partial charge on any atom is 0.318 e. The number of fused-ring (bicyclic) bond motifs is 3. The van der Waals surface area contributed by atoms with Crippen molar-refractivity contribution < 1.29 is 17.9 Å². The van der Waals surface area contributed by atoms with Gasteiger partial charge in [-0.15, -0.1) is 0 Å². The number of nitriles is 1. The minimum Gasteiger partial charge on any atom is -0.463 e. The molecule has 2 aliphatic heterocycles. The Morgan fingerprint density at radius 3 is 2.65 bits per heavy atom. The molecule has 0 amide bonds. The molecule has 10 nitrogen and oxygen atoms in total. The summed E-state index contributed by atoms with van der Waals surface area (Å²) in [6.07, 6.45) is 4.75. The van der Waals surface area contributed by atoms with Crippen molar-refractivity contribution in [1.82, 2.24) is 24.8 Å². The zero-order valence-electron chi connectivity index (χ0n) is 28.2. The molecule has 3 aromatic rings. The lowest BCUT2D eigenvalue weighted by Crippen LogP contribution is -2.51. The number of ether oxygens (including phenoxy) is 1. The minimum absolute atomic E-state index is 0.138. The molecule has 1 aromatic carbocycles. The second-order valence-electron chi connectivity index (χ2n) is 14.3. The van der Waals surface area contributed by atoms with E-state index in [1.807, 2.05) is 33.2 Å². The fourth-order valence-electron chi connectivity index (χ4n) is 8.19. The maximum atomic E-state index is 15.4. The Bertz CT molecular complexity index is 1870. The Balaban J connectivity index is 1.26. The molecule has 1 saturated heterocycles. The molecule has 4 aliphatic rings. The van der Waals surface area contributed by atoms with Crippen LogP contribution in [-0.2, 0) is 24.9 Å². The highest BCUT2D eigenvalue weighted by Crippen LogP contribution is 2.51. The number of pyridine rings is 1. The van der Waals surface area contributed by atoms with E-state index in [1.165, 1.54) is 6.07 Å². The smallest absolute Gasteiger partial charge is 0.318 e. The molecule has 2 aromatic heterocycles. The van der Waals surface area contributed by atoms with Gasteiger partial charge in [0.25, 0.3) is 6.08 Å². The van der Waals surface area contributed by atoms with E-state index in [9.17, 15) is 14.0 Å². The Morgan fingerprint density at radius 1 is 1.16 bits per heavy atom. The Kier molecular flexibility index (Phi) is 8.43. The van der Waals surface area contributed by atoms with Gasteiger partial charge in [-0.2, -0.15) is 24.0 Å². The molecule has 1 saturated carbocycles. The lowest BCUT2D eigenvalue weighted by atomic mass is 9.68. The Hall–Kier alpha value is -4.41. The molecule has 0 bridgehead atoms. The van der Waals surface area contributed by atoms with Crippen LogP contribution in [0.3, 0.4) is 0 Å². The highest BCUT2D eigenvalue weighted by atomic mass is 19.3. The number of nitrogen functional groups attached to an aromatic ring is 2. The van der Waals surface area contributed by atoms with E-state index in [4.69, 9.17) is 26.2 Å². The molecule has 13 heteroatoms. The van der Waals surface area contributed by atoms with Gasteiger partial charge in [0.2, 0.25) is 0 Å². The monoisotopic (exact) mass is 673 g/mol. The van der Waals surface area contributed by atoms with Crippen molar-refractivity contribution in [2.45, 2.75) is 70.0 Å². The number of hydrogen-bond donors (Lipinski definition) is 2. The van der Waals surface area contributed by atoms with E-state index in [0.29, 0.717) is 80.3 Å². The lowest BCUT2D eigenvalue weighted by Gasteiger charge is -2.50. The predicted octanol–water partition coefficient (Wildman–Crippen LogP) is 5.48. The number of likely N-dealkylation sites (N-methyl/N-ethyl adjacent to an activating group) is 1. The zero-order valence-corrected chi connectivity index (χ0v) is 28.2. The highest BCUT2D eigenvalue weighted by molar-refractivity contribution is 5.65. The molecule has 2 aliphatic carbocycles. The third kappa shape index (κ3) is 5.84. The summed E-state index contributed by atoms with van der Waals surface area (Å²) in [5.74, 6) is 0.734. The van der Waals surface area contributed by atoms with Crippen molar-refractivity contribution in [3.05, 3.63) is 75.4 Å². The molecule has 4 N–H and O–H groups in total. The van der Waals surface area contributed by atoms with Gasteiger partial charge in [0.1, 0.15) is 23.5 Å². The number of halogens is 3. The van der Waals surface area contributed by atoms with Crippen LogP contribution in [0.1, 0.15) is 78.6 Å². The Morgan fingerprint density at radius 2 is 1.96 bits per heavy atom. The van der Waals surface area contributed by atoms with E-state index < -0.39 is 11.6 Å². The van der Waals surface area contributed by atoms with Crippen LogP contribution in [0.15, 0.2) is 36.0 Å². The first-order valence-electron chi connectivity index (χ1n) is 16.9. The van der Waals surface area contributed by atoms with Crippen molar-refractivity contribution in [3.63, 3.8) is 0 Å². The summed E-state index contributed by atoms with van der Waals surface area (Å²) in [4.78, 5) is 20.6. The first-order chi connectivity index (χ1) is 23.4. The zero-order chi connectivity index (χ0) is 34.7. The minimum atomic E-state index is -1.57. The maximum absolute atomic E-state index is 15.4. The number of rotatable bonds is 8.